The minimum absolute atomic E-state index is 0.0453. The van der Waals surface area contributed by atoms with Gasteiger partial charge in [-0.1, -0.05) is 38.0 Å². The molecular weight excluding hydrogens is 236 g/mol. The van der Waals surface area contributed by atoms with Crippen LogP contribution >= 0.6 is 0 Å². The van der Waals surface area contributed by atoms with Gasteiger partial charge in [0.25, 0.3) is 0 Å². The summed E-state index contributed by atoms with van der Waals surface area (Å²) >= 11 is 0. The number of hydrogen-bond acceptors (Lipinski definition) is 2. The third-order valence-electron chi connectivity index (χ3n) is 4.01. The first kappa shape index (κ1) is 14.1. The summed E-state index contributed by atoms with van der Waals surface area (Å²) in [4.78, 5) is 12.1. The molecule has 0 spiro atoms. The van der Waals surface area contributed by atoms with E-state index in [0.29, 0.717) is 12.0 Å². The van der Waals surface area contributed by atoms with Crippen molar-refractivity contribution in [1.29, 1.82) is 0 Å². The molecule has 0 aliphatic heterocycles. The number of carbonyl (C=O) groups is 1. The lowest BCUT2D eigenvalue weighted by Crippen LogP contribution is -2.47. The highest BCUT2D eigenvalue weighted by molar-refractivity contribution is 5.94. The lowest BCUT2D eigenvalue weighted by atomic mass is 9.85. The van der Waals surface area contributed by atoms with E-state index in [1.165, 1.54) is 25.7 Å². The monoisotopic (exact) mass is 260 g/mol. The Bertz CT molecular complexity index is 404. The predicted octanol–water partition coefficient (Wildman–Crippen LogP) is 3.18. The van der Waals surface area contributed by atoms with E-state index in [9.17, 15) is 4.79 Å². The maximum atomic E-state index is 12.1. The van der Waals surface area contributed by atoms with Gasteiger partial charge in [-0.3, -0.25) is 4.79 Å². The molecule has 1 aliphatic carbocycles. The molecule has 3 heteroatoms. The molecule has 19 heavy (non-hydrogen) atoms. The first-order valence-electron chi connectivity index (χ1n) is 7.29. The van der Waals surface area contributed by atoms with Crippen LogP contribution in [0.5, 0.6) is 0 Å². The molecule has 0 radical (unpaired) electrons. The predicted molar refractivity (Wildman–Crippen MR) is 79.1 cm³/mol. The van der Waals surface area contributed by atoms with Gasteiger partial charge in [0.1, 0.15) is 0 Å². The summed E-state index contributed by atoms with van der Waals surface area (Å²) < 4.78 is 0. The van der Waals surface area contributed by atoms with Gasteiger partial charge in [0.15, 0.2) is 0 Å². The van der Waals surface area contributed by atoms with Gasteiger partial charge >= 0.3 is 0 Å². The molecule has 1 fully saturated rings. The summed E-state index contributed by atoms with van der Waals surface area (Å²) in [5.74, 6) is 0.713. The summed E-state index contributed by atoms with van der Waals surface area (Å²) in [6.07, 6.45) is 5.05. The molecule has 1 amide bonds. The quantitative estimate of drug-likeness (QED) is 0.873. The number of benzene rings is 1. The van der Waals surface area contributed by atoms with E-state index in [0.717, 1.165) is 5.69 Å². The van der Waals surface area contributed by atoms with Crippen LogP contribution in [-0.4, -0.2) is 18.0 Å². The van der Waals surface area contributed by atoms with Crippen LogP contribution < -0.4 is 10.6 Å². The highest BCUT2D eigenvalue weighted by Crippen LogP contribution is 2.24. The second kappa shape index (κ2) is 6.71. The highest BCUT2D eigenvalue weighted by atomic mass is 16.2. The lowest BCUT2D eigenvalue weighted by Gasteiger charge is -2.31. The molecule has 1 aliphatic rings. The Hall–Kier alpha value is -1.35. The summed E-state index contributed by atoms with van der Waals surface area (Å²) in [5.41, 5.74) is 0.859. The van der Waals surface area contributed by atoms with Gasteiger partial charge in [-0.05, 0) is 37.8 Å². The largest absolute Gasteiger partial charge is 0.325 e. The van der Waals surface area contributed by atoms with Crippen molar-refractivity contribution >= 4 is 11.6 Å². The fraction of sp³-hybridized carbons (Fsp3) is 0.562. The van der Waals surface area contributed by atoms with Crippen LogP contribution in [-0.2, 0) is 4.79 Å². The summed E-state index contributed by atoms with van der Waals surface area (Å²) in [7, 11) is 0. The van der Waals surface area contributed by atoms with Crippen molar-refractivity contribution < 1.29 is 4.79 Å². The zero-order valence-electron chi connectivity index (χ0n) is 11.9. The number of nitrogens with one attached hydrogen (secondary N) is 2. The van der Waals surface area contributed by atoms with E-state index >= 15 is 0 Å². The van der Waals surface area contributed by atoms with Gasteiger partial charge < -0.3 is 10.6 Å². The standard InChI is InChI=1S/C16H24N2O/c1-12-8-6-7-11-15(12)17-13(2)16(19)18-14-9-4-3-5-10-14/h3-5,9-10,12-13,15,17H,6-8,11H2,1-2H3,(H,18,19)/t12-,13+,15-/m1/s1. The number of amides is 1. The molecule has 3 atom stereocenters. The van der Waals surface area contributed by atoms with Crippen molar-refractivity contribution in [2.24, 2.45) is 5.92 Å². The maximum absolute atomic E-state index is 12.1. The van der Waals surface area contributed by atoms with Gasteiger partial charge in [-0.2, -0.15) is 0 Å². The fourth-order valence-corrected chi connectivity index (χ4v) is 2.73. The first-order valence-corrected chi connectivity index (χ1v) is 7.29. The number of carbonyl (C=O) groups excluding carboxylic acids is 1. The average molecular weight is 260 g/mol. The van der Waals surface area contributed by atoms with Gasteiger partial charge in [-0.25, -0.2) is 0 Å². The molecule has 0 bridgehead atoms. The van der Waals surface area contributed by atoms with Gasteiger partial charge in [0.2, 0.25) is 5.91 Å². The SMILES string of the molecule is C[C@H](N[C@@H]1CCCC[C@H]1C)C(=O)Nc1ccccc1. The van der Waals surface area contributed by atoms with Crippen molar-refractivity contribution in [3.05, 3.63) is 30.3 Å². The molecule has 1 aromatic carbocycles. The second-order valence-corrected chi connectivity index (χ2v) is 5.61. The molecular formula is C16H24N2O. The Balaban J connectivity index is 1.85. The third kappa shape index (κ3) is 4.06. The Kier molecular flexibility index (Phi) is 4.97. The van der Waals surface area contributed by atoms with Crippen LogP contribution in [0.15, 0.2) is 30.3 Å². The van der Waals surface area contributed by atoms with E-state index in [4.69, 9.17) is 0 Å². The van der Waals surface area contributed by atoms with Gasteiger partial charge in [0.05, 0.1) is 6.04 Å². The van der Waals surface area contributed by atoms with E-state index in [1.54, 1.807) is 0 Å². The Morgan fingerprint density at radius 2 is 1.89 bits per heavy atom. The lowest BCUT2D eigenvalue weighted by molar-refractivity contribution is -0.118. The number of anilines is 1. The zero-order chi connectivity index (χ0) is 13.7. The summed E-state index contributed by atoms with van der Waals surface area (Å²) in [6.45, 7) is 4.22. The van der Waals surface area contributed by atoms with Gasteiger partial charge in [0, 0.05) is 11.7 Å². The minimum atomic E-state index is -0.147. The van der Waals surface area contributed by atoms with Crippen molar-refractivity contribution in [3.63, 3.8) is 0 Å². The van der Waals surface area contributed by atoms with Crippen LogP contribution in [0.25, 0.3) is 0 Å². The topological polar surface area (TPSA) is 41.1 Å². The van der Waals surface area contributed by atoms with E-state index in [1.807, 2.05) is 37.3 Å². The molecule has 3 nitrogen and oxygen atoms in total. The molecule has 104 valence electrons. The van der Waals surface area contributed by atoms with Crippen LogP contribution in [0.2, 0.25) is 0 Å². The Labute approximate surface area is 115 Å². The normalized spacial score (nSPS) is 24.7. The maximum Gasteiger partial charge on any atom is 0.241 e. The van der Waals surface area contributed by atoms with Crippen LogP contribution in [0.4, 0.5) is 5.69 Å². The van der Waals surface area contributed by atoms with Crippen LogP contribution in [0.1, 0.15) is 39.5 Å². The minimum Gasteiger partial charge on any atom is -0.325 e. The average Bonchev–Trinajstić information content (AvgIpc) is 2.42. The van der Waals surface area contributed by atoms with Gasteiger partial charge in [-0.15, -0.1) is 0 Å². The molecule has 1 saturated carbocycles. The van der Waals surface area contributed by atoms with Crippen molar-refractivity contribution in [1.82, 2.24) is 5.32 Å². The molecule has 1 aromatic rings. The Morgan fingerprint density at radius 3 is 2.58 bits per heavy atom. The van der Waals surface area contributed by atoms with Crippen LogP contribution in [0.3, 0.4) is 0 Å². The van der Waals surface area contributed by atoms with E-state index in [2.05, 4.69) is 17.6 Å². The molecule has 0 unspecified atom stereocenters. The van der Waals surface area contributed by atoms with Crippen LogP contribution in [0, 0.1) is 5.92 Å². The smallest absolute Gasteiger partial charge is 0.241 e. The van der Waals surface area contributed by atoms with Crippen molar-refractivity contribution in [3.8, 4) is 0 Å². The number of para-hydroxylation sites is 1. The molecule has 0 saturated heterocycles. The number of rotatable bonds is 4. The van der Waals surface area contributed by atoms with E-state index in [-0.39, 0.29) is 11.9 Å². The molecule has 0 aromatic heterocycles. The summed E-state index contributed by atoms with van der Waals surface area (Å²) in [6, 6.07) is 9.95. The Morgan fingerprint density at radius 1 is 1.21 bits per heavy atom. The fourth-order valence-electron chi connectivity index (χ4n) is 2.73. The number of hydrogen-bond donors (Lipinski definition) is 2. The molecule has 2 rings (SSSR count). The first-order chi connectivity index (χ1) is 9.16. The molecule has 2 N–H and O–H groups in total. The van der Waals surface area contributed by atoms with E-state index < -0.39 is 0 Å². The summed E-state index contributed by atoms with van der Waals surface area (Å²) in [5, 5.41) is 6.42. The highest BCUT2D eigenvalue weighted by Gasteiger charge is 2.24. The third-order valence-corrected chi connectivity index (χ3v) is 4.01. The van der Waals surface area contributed by atoms with Crippen molar-refractivity contribution in [2.75, 3.05) is 5.32 Å². The van der Waals surface area contributed by atoms with Crippen molar-refractivity contribution in [2.45, 2.75) is 51.6 Å². The zero-order valence-corrected chi connectivity index (χ0v) is 11.9. The molecule has 0 heterocycles. The second-order valence-electron chi connectivity index (χ2n) is 5.61.